The zero-order valence-electron chi connectivity index (χ0n) is 9.63. The Hall–Kier alpha value is -0.120. The molecule has 1 fully saturated rings. The fourth-order valence-corrected chi connectivity index (χ4v) is 3.29. The molecule has 1 nitrogen and oxygen atoms in total. The monoisotopic (exact) mass is 319 g/mol. The lowest BCUT2D eigenvalue weighted by Gasteiger charge is -2.34. The number of nitrogens with zero attached hydrogens (tertiary/aromatic N) is 1. The van der Waals surface area contributed by atoms with Crippen molar-refractivity contribution in [3.05, 3.63) is 34.6 Å². The Kier molecular flexibility index (Phi) is 4.83. The molecule has 4 heteroatoms. The number of alkyl halides is 1. The SMILES string of the molecule is Fc1cccc(Cl)c1CN1CCCCC1CBr. The van der Waals surface area contributed by atoms with Crippen LogP contribution in [0.2, 0.25) is 5.02 Å². The quantitative estimate of drug-likeness (QED) is 0.753. The van der Waals surface area contributed by atoms with Crippen LogP contribution in [-0.2, 0) is 6.54 Å². The summed E-state index contributed by atoms with van der Waals surface area (Å²) in [6, 6.07) is 5.39. The van der Waals surface area contributed by atoms with E-state index in [9.17, 15) is 4.39 Å². The Bertz CT molecular complexity index is 365. The van der Waals surface area contributed by atoms with E-state index in [1.807, 2.05) is 0 Å². The highest BCUT2D eigenvalue weighted by Gasteiger charge is 2.23. The van der Waals surface area contributed by atoms with Gasteiger partial charge in [-0.2, -0.15) is 0 Å². The third-order valence-corrected chi connectivity index (χ3v) is 4.45. The minimum atomic E-state index is -0.198. The maximum Gasteiger partial charge on any atom is 0.129 e. The van der Waals surface area contributed by atoms with Gasteiger partial charge in [-0.1, -0.05) is 40.0 Å². The molecule has 1 aromatic carbocycles. The van der Waals surface area contributed by atoms with Gasteiger partial charge < -0.3 is 0 Å². The summed E-state index contributed by atoms with van der Waals surface area (Å²) in [5.41, 5.74) is 0.627. The largest absolute Gasteiger partial charge is 0.295 e. The van der Waals surface area contributed by atoms with Gasteiger partial charge in [0.1, 0.15) is 5.82 Å². The van der Waals surface area contributed by atoms with Crippen molar-refractivity contribution in [1.82, 2.24) is 4.90 Å². The average Bonchev–Trinajstić information content (AvgIpc) is 2.34. The predicted octanol–water partition coefficient (Wildman–Crippen LogP) is 4.23. The normalized spacial score (nSPS) is 21.7. The highest BCUT2D eigenvalue weighted by Crippen LogP contribution is 2.25. The van der Waals surface area contributed by atoms with Crippen molar-refractivity contribution in [2.75, 3.05) is 11.9 Å². The Morgan fingerprint density at radius 3 is 2.94 bits per heavy atom. The second kappa shape index (κ2) is 6.17. The third-order valence-electron chi connectivity index (χ3n) is 3.35. The van der Waals surface area contributed by atoms with Gasteiger partial charge in [-0.3, -0.25) is 4.90 Å². The van der Waals surface area contributed by atoms with Crippen LogP contribution < -0.4 is 0 Å². The first kappa shape index (κ1) is 13.3. The topological polar surface area (TPSA) is 3.24 Å². The molecule has 2 rings (SSSR count). The van der Waals surface area contributed by atoms with Crippen LogP contribution in [0.25, 0.3) is 0 Å². The Balaban J connectivity index is 2.13. The summed E-state index contributed by atoms with van der Waals surface area (Å²) in [5.74, 6) is -0.198. The lowest BCUT2D eigenvalue weighted by Crippen LogP contribution is -2.40. The van der Waals surface area contributed by atoms with E-state index >= 15 is 0 Å². The Labute approximate surface area is 115 Å². The van der Waals surface area contributed by atoms with Gasteiger partial charge in [-0.05, 0) is 31.5 Å². The van der Waals surface area contributed by atoms with Crippen molar-refractivity contribution in [3.8, 4) is 0 Å². The maximum absolute atomic E-state index is 13.7. The lowest BCUT2D eigenvalue weighted by atomic mass is 10.0. The second-order valence-corrected chi connectivity index (χ2v) is 5.53. The van der Waals surface area contributed by atoms with Gasteiger partial charge >= 0.3 is 0 Å². The van der Waals surface area contributed by atoms with E-state index in [1.165, 1.54) is 25.3 Å². The smallest absolute Gasteiger partial charge is 0.129 e. The molecule has 0 N–H and O–H groups in total. The first-order chi connectivity index (χ1) is 8.22. The van der Waals surface area contributed by atoms with Crippen molar-refractivity contribution in [3.63, 3.8) is 0 Å². The van der Waals surface area contributed by atoms with Crippen molar-refractivity contribution in [2.45, 2.75) is 31.8 Å². The number of hydrogen-bond donors (Lipinski definition) is 0. The van der Waals surface area contributed by atoms with Crippen LogP contribution in [0.4, 0.5) is 4.39 Å². The van der Waals surface area contributed by atoms with Crippen LogP contribution in [0.5, 0.6) is 0 Å². The molecule has 1 heterocycles. The minimum Gasteiger partial charge on any atom is -0.295 e. The molecule has 1 aromatic rings. The summed E-state index contributed by atoms with van der Waals surface area (Å²) in [6.45, 7) is 1.64. The first-order valence-electron chi connectivity index (χ1n) is 5.95. The maximum atomic E-state index is 13.7. The zero-order chi connectivity index (χ0) is 12.3. The van der Waals surface area contributed by atoms with Crippen molar-refractivity contribution < 1.29 is 4.39 Å². The Morgan fingerprint density at radius 2 is 2.24 bits per heavy atom. The molecule has 1 saturated heterocycles. The van der Waals surface area contributed by atoms with E-state index in [0.29, 0.717) is 23.2 Å². The summed E-state index contributed by atoms with van der Waals surface area (Å²) in [7, 11) is 0. The molecule has 0 amide bonds. The molecule has 1 aliphatic heterocycles. The Morgan fingerprint density at radius 1 is 1.41 bits per heavy atom. The molecular formula is C13H16BrClFN. The predicted molar refractivity (Wildman–Crippen MR) is 73.3 cm³/mol. The number of hydrogen-bond acceptors (Lipinski definition) is 1. The molecule has 94 valence electrons. The summed E-state index contributed by atoms with van der Waals surface area (Å²) in [4.78, 5) is 2.32. The molecule has 1 aliphatic rings. The number of rotatable bonds is 3. The van der Waals surface area contributed by atoms with Crippen LogP contribution in [0, 0.1) is 5.82 Å². The highest BCUT2D eigenvalue weighted by atomic mass is 79.9. The fourth-order valence-electron chi connectivity index (χ4n) is 2.33. The minimum absolute atomic E-state index is 0.198. The zero-order valence-corrected chi connectivity index (χ0v) is 12.0. The molecule has 0 spiro atoms. The molecule has 1 unspecified atom stereocenters. The van der Waals surface area contributed by atoms with E-state index in [0.717, 1.165) is 11.9 Å². The molecule has 0 radical (unpaired) electrons. The van der Waals surface area contributed by atoms with Crippen LogP contribution in [-0.4, -0.2) is 22.8 Å². The summed E-state index contributed by atoms with van der Waals surface area (Å²) < 4.78 is 13.7. The van der Waals surface area contributed by atoms with Crippen molar-refractivity contribution in [2.24, 2.45) is 0 Å². The van der Waals surface area contributed by atoms with Crippen LogP contribution >= 0.6 is 27.5 Å². The molecule has 0 aromatic heterocycles. The molecule has 0 aliphatic carbocycles. The van der Waals surface area contributed by atoms with E-state index in [4.69, 9.17) is 11.6 Å². The van der Waals surface area contributed by atoms with E-state index in [-0.39, 0.29) is 5.82 Å². The van der Waals surface area contributed by atoms with Crippen LogP contribution in [0.15, 0.2) is 18.2 Å². The average molecular weight is 321 g/mol. The van der Waals surface area contributed by atoms with Gasteiger partial charge in [-0.25, -0.2) is 4.39 Å². The molecule has 17 heavy (non-hydrogen) atoms. The fraction of sp³-hybridized carbons (Fsp3) is 0.538. The third kappa shape index (κ3) is 3.21. The number of benzene rings is 1. The first-order valence-corrected chi connectivity index (χ1v) is 7.45. The molecule has 1 atom stereocenters. The van der Waals surface area contributed by atoms with Crippen LogP contribution in [0.1, 0.15) is 24.8 Å². The van der Waals surface area contributed by atoms with E-state index in [1.54, 1.807) is 12.1 Å². The van der Waals surface area contributed by atoms with Gasteiger partial charge in [0.25, 0.3) is 0 Å². The van der Waals surface area contributed by atoms with Crippen molar-refractivity contribution in [1.29, 1.82) is 0 Å². The van der Waals surface area contributed by atoms with E-state index in [2.05, 4.69) is 20.8 Å². The summed E-state index contributed by atoms with van der Waals surface area (Å²) >= 11 is 9.59. The molecular weight excluding hydrogens is 305 g/mol. The standard InChI is InChI=1S/C13H16BrClFN/c14-8-10-4-1-2-7-17(10)9-11-12(15)5-3-6-13(11)16/h3,5-6,10H,1-2,4,7-9H2. The van der Waals surface area contributed by atoms with Crippen LogP contribution in [0.3, 0.4) is 0 Å². The lowest BCUT2D eigenvalue weighted by molar-refractivity contribution is 0.155. The number of halogens is 3. The van der Waals surface area contributed by atoms with Gasteiger partial charge in [0.2, 0.25) is 0 Å². The molecule has 0 saturated carbocycles. The highest BCUT2D eigenvalue weighted by molar-refractivity contribution is 9.09. The number of likely N-dealkylation sites (tertiary alicyclic amines) is 1. The van der Waals surface area contributed by atoms with Gasteiger partial charge in [-0.15, -0.1) is 0 Å². The molecule has 0 bridgehead atoms. The van der Waals surface area contributed by atoms with Gasteiger partial charge in [0.15, 0.2) is 0 Å². The van der Waals surface area contributed by atoms with Gasteiger partial charge in [0, 0.05) is 28.5 Å². The van der Waals surface area contributed by atoms with Gasteiger partial charge in [0.05, 0.1) is 0 Å². The number of piperidine rings is 1. The summed E-state index contributed by atoms with van der Waals surface area (Å²) in [6.07, 6.45) is 3.63. The van der Waals surface area contributed by atoms with E-state index < -0.39 is 0 Å². The summed E-state index contributed by atoms with van der Waals surface area (Å²) in [5, 5.41) is 1.47. The van der Waals surface area contributed by atoms with Crippen molar-refractivity contribution >= 4 is 27.5 Å². The second-order valence-electron chi connectivity index (χ2n) is 4.47.